The molecule has 0 spiro atoms. The molecule has 118 valence electrons. The van der Waals surface area contributed by atoms with Crippen molar-refractivity contribution >= 4 is 11.8 Å². The monoisotopic (exact) mass is 317 g/mol. The lowest BCUT2D eigenvalue weighted by Gasteiger charge is -2.34. The molecule has 5 nitrogen and oxygen atoms in total. The first-order valence-electron chi connectivity index (χ1n) is 6.95. The molecule has 3 rings (SSSR count). The molecule has 1 atom stereocenters. The second-order valence-electron chi connectivity index (χ2n) is 5.31. The van der Waals surface area contributed by atoms with Crippen LogP contribution in [0.5, 0.6) is 0 Å². The molecule has 0 unspecified atom stereocenters. The van der Waals surface area contributed by atoms with Crippen LogP contribution in [0.2, 0.25) is 0 Å². The summed E-state index contributed by atoms with van der Waals surface area (Å²) in [7, 11) is 0. The van der Waals surface area contributed by atoms with Crippen molar-refractivity contribution in [1.82, 2.24) is 9.88 Å². The number of nitrogens with zero attached hydrogens (tertiary/aromatic N) is 2. The van der Waals surface area contributed by atoms with Crippen molar-refractivity contribution < 1.29 is 18.4 Å². The number of amides is 2. The maximum Gasteiger partial charge on any atom is 0.276 e. The summed E-state index contributed by atoms with van der Waals surface area (Å²) in [5, 5.41) is 0. The average Bonchev–Trinajstić information content (AvgIpc) is 2.53. The van der Waals surface area contributed by atoms with E-state index in [1.807, 2.05) is 24.3 Å². The molecule has 2 aromatic rings. The molecular formula is C16H13F2N3O2. The van der Waals surface area contributed by atoms with Crippen molar-refractivity contribution in [3.8, 4) is 0 Å². The molecule has 1 aromatic carbocycles. The zero-order valence-electron chi connectivity index (χ0n) is 12.0. The number of fused-ring (bicyclic) bond motifs is 1. The summed E-state index contributed by atoms with van der Waals surface area (Å²) in [6, 6.07) is 6.99. The van der Waals surface area contributed by atoms with Crippen LogP contribution in [0.25, 0.3) is 0 Å². The molecule has 0 radical (unpaired) electrons. The van der Waals surface area contributed by atoms with Crippen LogP contribution in [0, 0.1) is 11.6 Å². The molecule has 0 fully saturated rings. The highest BCUT2D eigenvalue weighted by Crippen LogP contribution is 2.25. The highest BCUT2D eigenvalue weighted by molar-refractivity contribution is 5.96. The molecule has 2 amide bonds. The lowest BCUT2D eigenvalue weighted by Crippen LogP contribution is -2.51. The summed E-state index contributed by atoms with van der Waals surface area (Å²) < 4.78 is 26.8. The normalized spacial score (nSPS) is 16.8. The Bertz CT molecular complexity index is 795. The van der Waals surface area contributed by atoms with Gasteiger partial charge in [-0.05, 0) is 11.1 Å². The molecule has 1 aliphatic heterocycles. The standard InChI is InChI=1S/C16H13F2N3O2/c17-11-6-12(18)14(20-7-11)16(23)21-8-10-4-2-1-3-9(10)5-13(21)15(19)22/h1-4,6-7,13H,5,8H2,(H2,19,22)/t13-/m0/s1. The largest absolute Gasteiger partial charge is 0.368 e. The van der Waals surface area contributed by atoms with Crippen molar-refractivity contribution in [1.29, 1.82) is 0 Å². The van der Waals surface area contributed by atoms with Gasteiger partial charge in [-0.15, -0.1) is 0 Å². The van der Waals surface area contributed by atoms with E-state index in [1.54, 1.807) is 0 Å². The lowest BCUT2D eigenvalue weighted by molar-refractivity contribution is -0.122. The number of halogens is 2. The first-order chi connectivity index (χ1) is 11.0. The SMILES string of the molecule is NC(=O)[C@@H]1Cc2ccccc2CN1C(=O)c1ncc(F)cc1F. The Hall–Kier alpha value is -2.83. The number of hydrogen-bond donors (Lipinski definition) is 1. The van der Waals surface area contributed by atoms with Crippen molar-refractivity contribution in [3.63, 3.8) is 0 Å². The summed E-state index contributed by atoms with van der Waals surface area (Å²) in [5.74, 6) is -3.43. The maximum atomic E-state index is 13.8. The Morgan fingerprint density at radius 2 is 1.91 bits per heavy atom. The van der Waals surface area contributed by atoms with Gasteiger partial charge in [-0.3, -0.25) is 9.59 Å². The molecule has 7 heteroatoms. The third-order valence-electron chi connectivity index (χ3n) is 3.85. The molecule has 1 aromatic heterocycles. The zero-order chi connectivity index (χ0) is 16.6. The average molecular weight is 317 g/mol. The molecule has 2 N–H and O–H groups in total. The van der Waals surface area contributed by atoms with Gasteiger partial charge in [0.15, 0.2) is 11.5 Å². The van der Waals surface area contributed by atoms with E-state index in [0.717, 1.165) is 17.3 Å². The van der Waals surface area contributed by atoms with E-state index >= 15 is 0 Å². The molecule has 1 aliphatic rings. The molecule has 23 heavy (non-hydrogen) atoms. The highest BCUT2D eigenvalue weighted by Gasteiger charge is 2.35. The van der Waals surface area contributed by atoms with Gasteiger partial charge < -0.3 is 10.6 Å². The van der Waals surface area contributed by atoms with Gasteiger partial charge in [-0.2, -0.15) is 0 Å². The van der Waals surface area contributed by atoms with Crippen LogP contribution in [-0.2, 0) is 17.8 Å². The minimum atomic E-state index is -1.07. The molecule has 0 aliphatic carbocycles. The van der Waals surface area contributed by atoms with Gasteiger partial charge in [-0.25, -0.2) is 13.8 Å². The Labute approximate surface area is 130 Å². The maximum absolute atomic E-state index is 13.8. The van der Waals surface area contributed by atoms with E-state index in [2.05, 4.69) is 4.98 Å². The minimum absolute atomic E-state index is 0.112. The number of primary amides is 1. The molecular weight excluding hydrogens is 304 g/mol. The van der Waals surface area contributed by atoms with Crippen molar-refractivity contribution in [2.75, 3.05) is 0 Å². The fourth-order valence-electron chi connectivity index (χ4n) is 2.70. The van der Waals surface area contributed by atoms with Crippen LogP contribution in [0.15, 0.2) is 36.5 Å². The van der Waals surface area contributed by atoms with E-state index in [1.165, 1.54) is 4.90 Å². The van der Waals surface area contributed by atoms with E-state index in [4.69, 9.17) is 5.73 Å². The predicted octanol–water partition coefficient (Wildman–Crippen LogP) is 1.41. The number of carbonyl (C=O) groups is 2. The highest BCUT2D eigenvalue weighted by atomic mass is 19.1. The quantitative estimate of drug-likeness (QED) is 0.910. The Balaban J connectivity index is 1.99. The van der Waals surface area contributed by atoms with E-state index in [-0.39, 0.29) is 13.0 Å². The van der Waals surface area contributed by atoms with Crippen molar-refractivity contribution in [2.45, 2.75) is 19.0 Å². The van der Waals surface area contributed by atoms with E-state index < -0.39 is 35.2 Å². The van der Waals surface area contributed by atoms with Gasteiger partial charge in [0.2, 0.25) is 5.91 Å². The Kier molecular flexibility index (Phi) is 3.77. The number of hydrogen-bond acceptors (Lipinski definition) is 3. The second kappa shape index (κ2) is 5.75. The molecule has 0 saturated heterocycles. The van der Waals surface area contributed by atoms with Gasteiger partial charge in [0.25, 0.3) is 5.91 Å². The number of pyridine rings is 1. The predicted molar refractivity (Wildman–Crippen MR) is 77.2 cm³/mol. The van der Waals surface area contributed by atoms with Gasteiger partial charge in [0, 0.05) is 19.0 Å². The first-order valence-corrected chi connectivity index (χ1v) is 6.95. The first kappa shape index (κ1) is 15.1. The summed E-state index contributed by atoms with van der Waals surface area (Å²) >= 11 is 0. The molecule has 0 saturated carbocycles. The summed E-state index contributed by atoms with van der Waals surface area (Å²) in [6.07, 6.45) is 1.01. The smallest absolute Gasteiger partial charge is 0.276 e. The fourth-order valence-corrected chi connectivity index (χ4v) is 2.70. The van der Waals surface area contributed by atoms with Crippen LogP contribution >= 0.6 is 0 Å². The Morgan fingerprint density at radius 3 is 2.57 bits per heavy atom. The second-order valence-corrected chi connectivity index (χ2v) is 5.31. The number of rotatable bonds is 2. The van der Waals surface area contributed by atoms with Gasteiger partial charge in [-0.1, -0.05) is 24.3 Å². The third-order valence-corrected chi connectivity index (χ3v) is 3.85. The molecule has 0 bridgehead atoms. The molecule has 2 heterocycles. The van der Waals surface area contributed by atoms with Gasteiger partial charge >= 0.3 is 0 Å². The van der Waals surface area contributed by atoms with Gasteiger partial charge in [0.05, 0.1) is 6.20 Å². The number of aromatic nitrogens is 1. The van der Waals surface area contributed by atoms with E-state index in [9.17, 15) is 18.4 Å². The van der Waals surface area contributed by atoms with Gasteiger partial charge in [0.1, 0.15) is 11.9 Å². The third kappa shape index (κ3) is 2.77. The summed E-state index contributed by atoms with van der Waals surface area (Å²) in [5.41, 5.74) is 6.61. The van der Waals surface area contributed by atoms with Crippen LogP contribution in [0.4, 0.5) is 8.78 Å². The number of carbonyl (C=O) groups excluding carboxylic acids is 2. The van der Waals surface area contributed by atoms with Crippen LogP contribution in [0.3, 0.4) is 0 Å². The summed E-state index contributed by atoms with van der Waals surface area (Å²) in [6.45, 7) is 0.112. The van der Waals surface area contributed by atoms with Crippen LogP contribution in [0.1, 0.15) is 21.6 Å². The topological polar surface area (TPSA) is 76.3 Å². The van der Waals surface area contributed by atoms with Crippen LogP contribution in [-0.4, -0.2) is 27.7 Å². The number of nitrogens with two attached hydrogens (primary N) is 1. The van der Waals surface area contributed by atoms with Crippen molar-refractivity contribution in [2.24, 2.45) is 5.73 Å². The minimum Gasteiger partial charge on any atom is -0.368 e. The van der Waals surface area contributed by atoms with E-state index in [0.29, 0.717) is 6.07 Å². The summed E-state index contributed by atoms with van der Waals surface area (Å²) in [4.78, 5) is 28.9. The lowest BCUT2D eigenvalue weighted by atomic mass is 9.93. The Morgan fingerprint density at radius 1 is 1.22 bits per heavy atom. The van der Waals surface area contributed by atoms with Crippen LogP contribution < -0.4 is 5.73 Å². The number of benzene rings is 1. The fraction of sp³-hybridized carbons (Fsp3) is 0.188. The zero-order valence-corrected chi connectivity index (χ0v) is 12.0. The van der Waals surface area contributed by atoms with Crippen molar-refractivity contribution in [3.05, 3.63) is 65.0 Å².